The molecule has 0 spiro atoms. The van der Waals surface area contributed by atoms with Gasteiger partial charge in [-0.15, -0.1) is 0 Å². The lowest BCUT2D eigenvalue weighted by atomic mass is 9.82. The zero-order valence-electron chi connectivity index (χ0n) is 15.2. The van der Waals surface area contributed by atoms with Crippen molar-refractivity contribution in [2.75, 3.05) is 36.9 Å². The molecule has 2 atom stereocenters. The number of thioether (sulfide) groups is 1. The van der Waals surface area contributed by atoms with Gasteiger partial charge >= 0.3 is 0 Å². The number of nitrogen functional groups attached to an aromatic ring is 1. The van der Waals surface area contributed by atoms with E-state index in [0.717, 1.165) is 29.2 Å². The molecule has 1 fully saturated rings. The molecule has 0 aliphatic carbocycles. The van der Waals surface area contributed by atoms with Crippen molar-refractivity contribution in [2.45, 2.75) is 18.4 Å². The number of nitrogens with one attached hydrogen (secondary N) is 1. The Labute approximate surface area is 175 Å². The van der Waals surface area contributed by atoms with E-state index in [1.165, 1.54) is 35.7 Å². The smallest absolute Gasteiger partial charge is 0.0837 e. The maximum atomic E-state index is 6.26. The first-order valence-electron chi connectivity index (χ1n) is 9.37. The lowest BCUT2D eigenvalue weighted by molar-refractivity contribution is 0.295. The fraction of sp³-hybridized carbons (Fsp3) is 0.381. The van der Waals surface area contributed by atoms with Gasteiger partial charge in [-0.1, -0.05) is 48.1 Å². The Hall–Kier alpha value is -1.27. The summed E-state index contributed by atoms with van der Waals surface area (Å²) in [6.07, 6.45) is 1.05. The highest BCUT2D eigenvalue weighted by Crippen LogP contribution is 2.39. The van der Waals surface area contributed by atoms with E-state index in [1.807, 2.05) is 30.0 Å². The number of hydrogen-bond donors (Lipinski definition) is 2. The molecule has 2 aromatic rings. The molecule has 2 aliphatic rings. The van der Waals surface area contributed by atoms with E-state index in [2.05, 4.69) is 34.5 Å². The summed E-state index contributed by atoms with van der Waals surface area (Å²) in [5.41, 5.74) is 10.6. The average Bonchev–Trinajstić information content (AvgIpc) is 2.69. The first-order valence-corrected chi connectivity index (χ1v) is 11.3. The van der Waals surface area contributed by atoms with Crippen LogP contribution < -0.4 is 11.1 Å². The predicted molar refractivity (Wildman–Crippen MR) is 121 cm³/mol. The summed E-state index contributed by atoms with van der Waals surface area (Å²) in [5, 5.41) is 4.25. The van der Waals surface area contributed by atoms with Crippen LogP contribution >= 0.6 is 35.6 Å². The average molecular weight is 418 g/mol. The SMILES string of the molecule is Nc1ccc(Cl)cc1C1NC(=S)C(CCN2CCSCC2)c2ccccc21. The van der Waals surface area contributed by atoms with Gasteiger partial charge in [0.15, 0.2) is 0 Å². The molecule has 1 saturated heterocycles. The van der Waals surface area contributed by atoms with E-state index in [4.69, 9.17) is 29.6 Å². The van der Waals surface area contributed by atoms with Gasteiger partial charge in [0.05, 0.1) is 11.0 Å². The van der Waals surface area contributed by atoms with Crippen molar-refractivity contribution in [3.63, 3.8) is 0 Å². The topological polar surface area (TPSA) is 41.3 Å². The quantitative estimate of drug-likeness (QED) is 0.567. The third-order valence-corrected chi connectivity index (χ3v) is 7.06. The number of nitrogens with two attached hydrogens (primary N) is 1. The van der Waals surface area contributed by atoms with E-state index in [-0.39, 0.29) is 12.0 Å². The molecule has 0 radical (unpaired) electrons. The van der Waals surface area contributed by atoms with Crippen LogP contribution in [0.5, 0.6) is 0 Å². The highest BCUT2D eigenvalue weighted by molar-refractivity contribution is 7.99. The first kappa shape index (κ1) is 19.1. The van der Waals surface area contributed by atoms with Crippen molar-refractivity contribution in [2.24, 2.45) is 0 Å². The largest absolute Gasteiger partial charge is 0.398 e. The summed E-state index contributed by atoms with van der Waals surface area (Å²) in [4.78, 5) is 3.47. The Morgan fingerprint density at radius 2 is 1.85 bits per heavy atom. The van der Waals surface area contributed by atoms with Crippen LogP contribution in [0.4, 0.5) is 5.69 Å². The van der Waals surface area contributed by atoms with E-state index >= 15 is 0 Å². The van der Waals surface area contributed by atoms with Gasteiger partial charge < -0.3 is 16.0 Å². The van der Waals surface area contributed by atoms with Crippen molar-refractivity contribution in [1.29, 1.82) is 0 Å². The van der Waals surface area contributed by atoms with Crippen LogP contribution in [0.3, 0.4) is 0 Å². The fourth-order valence-electron chi connectivity index (χ4n) is 4.02. The minimum absolute atomic E-state index is 0.0463. The minimum atomic E-state index is -0.0463. The molecule has 2 unspecified atom stereocenters. The number of thiocarbonyl (C=S) groups is 1. The van der Waals surface area contributed by atoms with Gasteiger partial charge in [0.25, 0.3) is 0 Å². The van der Waals surface area contributed by atoms with Crippen LogP contribution in [0, 0.1) is 0 Å². The Morgan fingerprint density at radius 1 is 1.11 bits per heavy atom. The highest BCUT2D eigenvalue weighted by atomic mass is 35.5. The van der Waals surface area contributed by atoms with E-state index < -0.39 is 0 Å². The van der Waals surface area contributed by atoms with Crippen molar-refractivity contribution in [3.05, 3.63) is 64.2 Å². The number of rotatable bonds is 4. The Kier molecular flexibility index (Phi) is 5.93. The van der Waals surface area contributed by atoms with Crippen molar-refractivity contribution in [1.82, 2.24) is 10.2 Å². The molecule has 27 heavy (non-hydrogen) atoms. The van der Waals surface area contributed by atoms with Gasteiger partial charge in [0, 0.05) is 46.8 Å². The number of nitrogens with zero attached hydrogens (tertiary/aromatic N) is 1. The second-order valence-corrected chi connectivity index (χ2v) is 9.24. The Bertz CT molecular complexity index is 836. The summed E-state index contributed by atoms with van der Waals surface area (Å²) in [7, 11) is 0. The summed E-state index contributed by atoms with van der Waals surface area (Å²) in [6.45, 7) is 3.45. The normalized spacial score (nSPS) is 22.9. The second-order valence-electron chi connectivity index (χ2n) is 7.14. The van der Waals surface area contributed by atoms with Crippen molar-refractivity contribution >= 4 is 46.3 Å². The lowest BCUT2D eigenvalue weighted by Gasteiger charge is -2.36. The molecular formula is C21H24ClN3S2. The van der Waals surface area contributed by atoms with Crippen LogP contribution in [0.1, 0.15) is 35.1 Å². The van der Waals surface area contributed by atoms with Crippen LogP contribution in [-0.2, 0) is 0 Å². The molecule has 0 amide bonds. The van der Waals surface area contributed by atoms with Crippen molar-refractivity contribution < 1.29 is 0 Å². The van der Waals surface area contributed by atoms with Crippen LogP contribution in [0.2, 0.25) is 5.02 Å². The molecule has 2 aliphatic heterocycles. The molecule has 0 saturated carbocycles. The summed E-state index contributed by atoms with van der Waals surface area (Å²) in [6, 6.07) is 14.2. The summed E-state index contributed by atoms with van der Waals surface area (Å²) < 4.78 is 0. The lowest BCUT2D eigenvalue weighted by Crippen LogP contribution is -2.40. The van der Waals surface area contributed by atoms with Crippen LogP contribution in [0.15, 0.2) is 42.5 Å². The number of halogens is 1. The maximum Gasteiger partial charge on any atom is 0.0837 e. The molecule has 2 heterocycles. The number of hydrogen-bond acceptors (Lipinski definition) is 4. The Balaban J connectivity index is 1.62. The summed E-state index contributed by atoms with van der Waals surface area (Å²) >= 11 is 14.1. The Morgan fingerprint density at radius 3 is 2.63 bits per heavy atom. The highest BCUT2D eigenvalue weighted by Gasteiger charge is 2.32. The number of benzene rings is 2. The molecule has 4 rings (SSSR count). The molecule has 2 aromatic carbocycles. The zero-order valence-corrected chi connectivity index (χ0v) is 17.5. The van der Waals surface area contributed by atoms with Gasteiger partial charge in [0.2, 0.25) is 0 Å². The molecule has 0 aromatic heterocycles. The molecule has 142 valence electrons. The van der Waals surface area contributed by atoms with Crippen molar-refractivity contribution in [3.8, 4) is 0 Å². The standard InChI is InChI=1S/C21H24ClN3S2/c22-14-5-6-19(23)18(13-14)20-16-4-2-1-3-15(16)17(21(26)24-20)7-8-25-9-11-27-12-10-25/h1-6,13,17,20H,7-12,23H2,(H,24,26). The molecule has 0 bridgehead atoms. The second kappa shape index (κ2) is 8.39. The molecular weight excluding hydrogens is 394 g/mol. The third kappa shape index (κ3) is 4.11. The van der Waals surface area contributed by atoms with Gasteiger partial charge in [-0.05, 0) is 42.3 Å². The molecule has 6 heteroatoms. The van der Waals surface area contributed by atoms with Crippen LogP contribution in [-0.4, -0.2) is 41.0 Å². The monoisotopic (exact) mass is 417 g/mol. The molecule has 3 N–H and O–H groups in total. The minimum Gasteiger partial charge on any atom is -0.398 e. The zero-order chi connectivity index (χ0) is 18.8. The van der Waals surface area contributed by atoms with E-state index in [9.17, 15) is 0 Å². The van der Waals surface area contributed by atoms with Crippen LogP contribution in [0.25, 0.3) is 0 Å². The van der Waals surface area contributed by atoms with Gasteiger partial charge in [-0.25, -0.2) is 0 Å². The third-order valence-electron chi connectivity index (χ3n) is 5.48. The summed E-state index contributed by atoms with van der Waals surface area (Å²) in [5.74, 6) is 2.72. The fourth-order valence-corrected chi connectivity index (χ4v) is 5.54. The maximum absolute atomic E-state index is 6.26. The van der Waals surface area contributed by atoms with Gasteiger partial charge in [-0.3, -0.25) is 0 Å². The van der Waals surface area contributed by atoms with Gasteiger partial charge in [0.1, 0.15) is 0 Å². The molecule has 3 nitrogen and oxygen atoms in total. The van der Waals surface area contributed by atoms with Gasteiger partial charge in [-0.2, -0.15) is 11.8 Å². The van der Waals surface area contributed by atoms with E-state index in [1.54, 1.807) is 0 Å². The number of anilines is 1. The number of fused-ring (bicyclic) bond motifs is 1. The predicted octanol–water partition coefficient (Wildman–Crippen LogP) is 4.46. The van der Waals surface area contributed by atoms with E-state index in [0.29, 0.717) is 5.02 Å². The first-order chi connectivity index (χ1) is 13.1.